The van der Waals surface area contributed by atoms with Crippen molar-refractivity contribution in [3.05, 3.63) is 12.2 Å². The number of hydrogen-bond donors (Lipinski definition) is 0. The predicted molar refractivity (Wildman–Crippen MR) is 96.6 cm³/mol. The maximum Gasteiger partial charge on any atom is 0.303 e. The lowest BCUT2D eigenvalue weighted by molar-refractivity contribution is -0.144. The van der Waals surface area contributed by atoms with Gasteiger partial charge < -0.3 is 14.2 Å². The van der Waals surface area contributed by atoms with E-state index in [1.165, 1.54) is 20.8 Å². The summed E-state index contributed by atoms with van der Waals surface area (Å²) in [4.78, 5) is 32.3. The Morgan fingerprint density at radius 1 is 0.885 bits per heavy atom. The molecule has 0 spiro atoms. The van der Waals surface area contributed by atoms with Crippen molar-refractivity contribution in [2.45, 2.75) is 59.0 Å². The SMILES string of the molecule is CC(=O)OCC=CC#CC#CC(CCCCCCOC(C)=O)OC(C)=O. The number of allylic oxidation sites excluding steroid dienone is 1. The van der Waals surface area contributed by atoms with Crippen LogP contribution in [0.15, 0.2) is 12.2 Å². The monoisotopic (exact) mass is 362 g/mol. The number of ether oxygens (including phenoxy) is 3. The fraction of sp³-hybridized carbons (Fsp3) is 0.550. The lowest BCUT2D eigenvalue weighted by atomic mass is 10.1. The molecule has 6 nitrogen and oxygen atoms in total. The van der Waals surface area contributed by atoms with Gasteiger partial charge in [-0.1, -0.05) is 18.8 Å². The van der Waals surface area contributed by atoms with Gasteiger partial charge in [0.05, 0.1) is 6.61 Å². The first-order chi connectivity index (χ1) is 12.4. The molecule has 0 amide bonds. The van der Waals surface area contributed by atoms with E-state index >= 15 is 0 Å². The van der Waals surface area contributed by atoms with Gasteiger partial charge in [0, 0.05) is 20.8 Å². The van der Waals surface area contributed by atoms with Gasteiger partial charge >= 0.3 is 17.9 Å². The maximum absolute atomic E-state index is 11.1. The number of esters is 3. The van der Waals surface area contributed by atoms with Crippen molar-refractivity contribution in [1.82, 2.24) is 0 Å². The molecule has 142 valence electrons. The predicted octanol–water partition coefficient (Wildman–Crippen LogP) is 2.56. The van der Waals surface area contributed by atoms with Crippen LogP contribution in [0.5, 0.6) is 0 Å². The van der Waals surface area contributed by atoms with Gasteiger partial charge in [0.1, 0.15) is 6.61 Å². The van der Waals surface area contributed by atoms with Gasteiger partial charge in [-0.3, -0.25) is 14.4 Å². The molecular formula is C20H26O6. The average Bonchev–Trinajstić information content (AvgIpc) is 2.54. The van der Waals surface area contributed by atoms with Gasteiger partial charge in [0.25, 0.3) is 0 Å². The number of hydrogen-bond acceptors (Lipinski definition) is 6. The molecule has 0 aliphatic carbocycles. The van der Waals surface area contributed by atoms with E-state index in [2.05, 4.69) is 23.7 Å². The molecule has 0 heterocycles. The first-order valence-corrected chi connectivity index (χ1v) is 8.51. The fourth-order valence-corrected chi connectivity index (χ4v) is 1.83. The van der Waals surface area contributed by atoms with Crippen LogP contribution < -0.4 is 0 Å². The molecular weight excluding hydrogens is 336 g/mol. The summed E-state index contributed by atoms with van der Waals surface area (Å²) in [5.41, 5.74) is 0. The third-order valence-electron chi connectivity index (χ3n) is 2.93. The zero-order chi connectivity index (χ0) is 19.6. The first-order valence-electron chi connectivity index (χ1n) is 8.51. The number of carbonyl (C=O) groups excluding carboxylic acids is 3. The highest BCUT2D eigenvalue weighted by Gasteiger charge is 2.08. The zero-order valence-corrected chi connectivity index (χ0v) is 15.6. The summed E-state index contributed by atoms with van der Waals surface area (Å²) in [6.07, 6.45) is 6.82. The molecule has 0 aliphatic heterocycles. The van der Waals surface area contributed by atoms with E-state index in [-0.39, 0.29) is 24.5 Å². The standard InChI is InChI=1S/C20H26O6/c1-17(21)24-15-11-7-4-5-9-13-20(26-19(3)23)14-10-6-8-12-16-25-18(2)22/h7,11,20H,6,8,10,12,14-16H2,1-3H3. The van der Waals surface area contributed by atoms with E-state index in [0.717, 1.165) is 25.7 Å². The highest BCUT2D eigenvalue weighted by molar-refractivity contribution is 5.66. The van der Waals surface area contributed by atoms with Crippen LogP contribution in [0.25, 0.3) is 0 Å². The summed E-state index contributed by atoms with van der Waals surface area (Å²) >= 11 is 0. The molecule has 6 heteroatoms. The van der Waals surface area contributed by atoms with Crippen LogP contribution in [0.3, 0.4) is 0 Å². The smallest absolute Gasteiger partial charge is 0.303 e. The minimum Gasteiger partial charge on any atom is -0.466 e. The normalized spacial score (nSPS) is 10.7. The Morgan fingerprint density at radius 3 is 2.23 bits per heavy atom. The summed E-state index contributed by atoms with van der Waals surface area (Å²) in [6, 6.07) is 0. The van der Waals surface area contributed by atoms with E-state index in [0.29, 0.717) is 13.0 Å². The second-order valence-corrected chi connectivity index (χ2v) is 5.38. The summed E-state index contributed by atoms with van der Waals surface area (Å²) in [5.74, 6) is 9.80. The van der Waals surface area contributed by atoms with E-state index < -0.39 is 6.10 Å². The van der Waals surface area contributed by atoms with Gasteiger partial charge in [-0.15, -0.1) is 0 Å². The Kier molecular flexibility index (Phi) is 14.1. The van der Waals surface area contributed by atoms with Crippen molar-refractivity contribution in [3.63, 3.8) is 0 Å². The fourth-order valence-electron chi connectivity index (χ4n) is 1.83. The number of unbranched alkanes of at least 4 members (excludes halogenated alkanes) is 3. The van der Waals surface area contributed by atoms with Crippen molar-refractivity contribution in [2.24, 2.45) is 0 Å². The van der Waals surface area contributed by atoms with E-state index in [1.54, 1.807) is 12.2 Å². The van der Waals surface area contributed by atoms with Crippen molar-refractivity contribution in [1.29, 1.82) is 0 Å². The molecule has 0 bridgehead atoms. The number of rotatable bonds is 10. The Hall–Kier alpha value is -2.73. The highest BCUT2D eigenvalue weighted by Crippen LogP contribution is 2.08. The van der Waals surface area contributed by atoms with Crippen LogP contribution in [-0.4, -0.2) is 37.2 Å². The van der Waals surface area contributed by atoms with Crippen molar-refractivity contribution in [2.75, 3.05) is 13.2 Å². The van der Waals surface area contributed by atoms with E-state index in [4.69, 9.17) is 14.2 Å². The minimum atomic E-state index is -0.486. The van der Waals surface area contributed by atoms with Crippen LogP contribution in [0.4, 0.5) is 0 Å². The highest BCUT2D eigenvalue weighted by atomic mass is 16.5. The summed E-state index contributed by atoms with van der Waals surface area (Å²) in [7, 11) is 0. The van der Waals surface area contributed by atoms with Gasteiger partial charge in [-0.05, 0) is 49.2 Å². The van der Waals surface area contributed by atoms with Gasteiger partial charge in [-0.25, -0.2) is 0 Å². The van der Waals surface area contributed by atoms with Gasteiger partial charge in [-0.2, -0.15) is 0 Å². The summed E-state index contributed by atoms with van der Waals surface area (Å²) in [5, 5.41) is 0. The molecule has 0 aromatic heterocycles. The van der Waals surface area contributed by atoms with Crippen LogP contribution in [0, 0.1) is 23.7 Å². The van der Waals surface area contributed by atoms with Crippen LogP contribution in [-0.2, 0) is 28.6 Å². The van der Waals surface area contributed by atoms with Gasteiger partial charge in [0.15, 0.2) is 6.10 Å². The molecule has 26 heavy (non-hydrogen) atoms. The Morgan fingerprint density at radius 2 is 1.58 bits per heavy atom. The average molecular weight is 362 g/mol. The molecule has 0 saturated carbocycles. The molecule has 0 saturated heterocycles. The van der Waals surface area contributed by atoms with Gasteiger partial charge in [0.2, 0.25) is 0 Å². The molecule has 0 radical (unpaired) electrons. The molecule has 0 aliphatic rings. The summed E-state index contributed by atoms with van der Waals surface area (Å²) in [6.45, 7) is 4.67. The molecule has 0 N–H and O–H groups in total. The molecule has 1 atom stereocenters. The van der Waals surface area contributed by atoms with E-state index in [9.17, 15) is 14.4 Å². The molecule has 0 fully saturated rings. The number of carbonyl (C=O) groups is 3. The Balaban J connectivity index is 4.15. The van der Waals surface area contributed by atoms with Crippen LogP contribution >= 0.6 is 0 Å². The zero-order valence-electron chi connectivity index (χ0n) is 15.6. The van der Waals surface area contributed by atoms with Crippen molar-refractivity contribution < 1.29 is 28.6 Å². The molecule has 0 aromatic carbocycles. The van der Waals surface area contributed by atoms with Crippen molar-refractivity contribution >= 4 is 17.9 Å². The van der Waals surface area contributed by atoms with E-state index in [1.807, 2.05) is 0 Å². The lowest BCUT2D eigenvalue weighted by Crippen LogP contribution is -2.14. The lowest BCUT2D eigenvalue weighted by Gasteiger charge is -2.10. The maximum atomic E-state index is 11.1. The molecule has 0 rings (SSSR count). The molecule has 1 unspecified atom stereocenters. The minimum absolute atomic E-state index is 0.172. The Bertz CT molecular complexity index is 597. The largest absolute Gasteiger partial charge is 0.466 e. The topological polar surface area (TPSA) is 78.9 Å². The Labute approximate surface area is 155 Å². The van der Waals surface area contributed by atoms with Crippen LogP contribution in [0.1, 0.15) is 52.9 Å². The first kappa shape index (κ1) is 23.3. The third-order valence-corrected chi connectivity index (χ3v) is 2.93. The molecule has 0 aromatic rings. The quantitative estimate of drug-likeness (QED) is 0.257. The second kappa shape index (κ2) is 15.8. The van der Waals surface area contributed by atoms with Crippen LogP contribution in [0.2, 0.25) is 0 Å². The second-order valence-electron chi connectivity index (χ2n) is 5.38. The summed E-state index contributed by atoms with van der Waals surface area (Å²) < 4.78 is 14.7. The third kappa shape index (κ3) is 17.6. The van der Waals surface area contributed by atoms with Crippen molar-refractivity contribution in [3.8, 4) is 23.7 Å².